The number of nitrogens with zero attached hydrogens (tertiary/aromatic N) is 2. The van der Waals surface area contributed by atoms with Gasteiger partial charge in [0.1, 0.15) is 29.6 Å². The fourth-order valence-corrected chi connectivity index (χ4v) is 2.13. The smallest absolute Gasteiger partial charge is 0.135 e. The Kier molecular flexibility index (Phi) is 4.67. The summed E-state index contributed by atoms with van der Waals surface area (Å²) in [6.07, 6.45) is 1.45. The van der Waals surface area contributed by atoms with E-state index in [2.05, 4.69) is 20.6 Å². The number of halogens is 2. The van der Waals surface area contributed by atoms with Gasteiger partial charge in [0.15, 0.2) is 0 Å². The molecule has 2 rings (SSSR count). The SMILES string of the molecule is CNc1ncnc(NCc2ccc(F)cc2F)c1C(C)C. The molecule has 0 saturated carbocycles. The first-order valence-corrected chi connectivity index (χ1v) is 6.73. The lowest BCUT2D eigenvalue weighted by molar-refractivity contribution is 0.574. The molecule has 1 aromatic carbocycles. The van der Waals surface area contributed by atoms with Gasteiger partial charge in [0.25, 0.3) is 0 Å². The summed E-state index contributed by atoms with van der Waals surface area (Å²) < 4.78 is 26.5. The average molecular weight is 292 g/mol. The van der Waals surface area contributed by atoms with E-state index in [4.69, 9.17) is 0 Å². The van der Waals surface area contributed by atoms with Gasteiger partial charge in [-0.25, -0.2) is 18.7 Å². The highest BCUT2D eigenvalue weighted by atomic mass is 19.1. The van der Waals surface area contributed by atoms with Crippen molar-refractivity contribution in [2.75, 3.05) is 17.7 Å². The number of hydrogen-bond acceptors (Lipinski definition) is 4. The van der Waals surface area contributed by atoms with Crippen LogP contribution in [0.2, 0.25) is 0 Å². The Balaban J connectivity index is 2.23. The van der Waals surface area contributed by atoms with E-state index in [9.17, 15) is 8.78 Å². The molecule has 112 valence electrons. The summed E-state index contributed by atoms with van der Waals surface area (Å²) >= 11 is 0. The van der Waals surface area contributed by atoms with Crippen molar-refractivity contribution in [3.63, 3.8) is 0 Å². The molecule has 0 aliphatic heterocycles. The zero-order chi connectivity index (χ0) is 15.4. The van der Waals surface area contributed by atoms with Crippen molar-refractivity contribution in [2.24, 2.45) is 0 Å². The van der Waals surface area contributed by atoms with E-state index in [0.717, 1.165) is 17.4 Å². The lowest BCUT2D eigenvalue weighted by atomic mass is 10.0. The normalized spacial score (nSPS) is 10.8. The van der Waals surface area contributed by atoms with Crippen LogP contribution in [0.15, 0.2) is 24.5 Å². The number of benzene rings is 1. The number of nitrogens with one attached hydrogen (secondary N) is 2. The summed E-state index contributed by atoms with van der Waals surface area (Å²) in [5.74, 6) is 0.430. The first-order valence-electron chi connectivity index (χ1n) is 6.73. The Bertz CT molecular complexity index is 629. The van der Waals surface area contributed by atoms with E-state index < -0.39 is 11.6 Å². The second kappa shape index (κ2) is 6.47. The highest BCUT2D eigenvalue weighted by Gasteiger charge is 2.14. The predicted molar refractivity (Wildman–Crippen MR) is 79.4 cm³/mol. The maximum absolute atomic E-state index is 13.6. The lowest BCUT2D eigenvalue weighted by Crippen LogP contribution is -2.10. The Labute approximate surface area is 122 Å². The second-order valence-electron chi connectivity index (χ2n) is 4.98. The van der Waals surface area contributed by atoms with Crippen molar-refractivity contribution in [2.45, 2.75) is 26.3 Å². The standard InChI is InChI=1S/C15H18F2N4/c1-9(2)13-14(18-3)20-8-21-15(13)19-7-10-4-5-11(16)6-12(10)17/h4-6,8-9H,7H2,1-3H3,(H2,18,19,20,21). The molecule has 0 amide bonds. The van der Waals surface area contributed by atoms with Crippen molar-refractivity contribution < 1.29 is 8.78 Å². The van der Waals surface area contributed by atoms with E-state index >= 15 is 0 Å². The van der Waals surface area contributed by atoms with Gasteiger partial charge in [-0.1, -0.05) is 19.9 Å². The van der Waals surface area contributed by atoms with Gasteiger partial charge in [-0.15, -0.1) is 0 Å². The molecular weight excluding hydrogens is 274 g/mol. The highest BCUT2D eigenvalue weighted by molar-refractivity contribution is 5.58. The maximum Gasteiger partial charge on any atom is 0.135 e. The minimum atomic E-state index is -0.585. The van der Waals surface area contributed by atoms with Gasteiger partial charge in [0.2, 0.25) is 0 Å². The van der Waals surface area contributed by atoms with Crippen LogP contribution in [-0.2, 0) is 6.54 Å². The molecule has 0 radical (unpaired) electrons. The molecule has 6 heteroatoms. The van der Waals surface area contributed by atoms with Crippen LogP contribution in [0.25, 0.3) is 0 Å². The first-order chi connectivity index (χ1) is 10.0. The average Bonchev–Trinajstić information content (AvgIpc) is 2.45. The number of hydrogen-bond donors (Lipinski definition) is 2. The van der Waals surface area contributed by atoms with Crippen LogP contribution in [0, 0.1) is 11.6 Å². The maximum atomic E-state index is 13.6. The summed E-state index contributed by atoms with van der Waals surface area (Å²) in [7, 11) is 1.79. The molecule has 0 atom stereocenters. The molecule has 4 nitrogen and oxygen atoms in total. The van der Waals surface area contributed by atoms with Crippen LogP contribution < -0.4 is 10.6 Å². The second-order valence-corrected chi connectivity index (χ2v) is 4.98. The van der Waals surface area contributed by atoms with Crippen LogP contribution in [0.1, 0.15) is 30.9 Å². The summed E-state index contributed by atoms with van der Waals surface area (Å²) in [5.41, 5.74) is 1.32. The first kappa shape index (κ1) is 15.2. The zero-order valence-electron chi connectivity index (χ0n) is 12.2. The third kappa shape index (κ3) is 3.45. The molecule has 2 aromatic rings. The predicted octanol–water partition coefficient (Wildman–Crippen LogP) is 3.53. The molecule has 0 aliphatic carbocycles. The minimum absolute atomic E-state index is 0.203. The third-order valence-corrected chi connectivity index (χ3v) is 3.16. The molecule has 2 N–H and O–H groups in total. The number of anilines is 2. The topological polar surface area (TPSA) is 49.8 Å². The zero-order valence-corrected chi connectivity index (χ0v) is 12.2. The summed E-state index contributed by atoms with van der Waals surface area (Å²) in [4.78, 5) is 8.39. The van der Waals surface area contributed by atoms with Gasteiger partial charge in [-0.2, -0.15) is 0 Å². The van der Waals surface area contributed by atoms with E-state index in [1.807, 2.05) is 13.8 Å². The van der Waals surface area contributed by atoms with Gasteiger partial charge in [0, 0.05) is 30.8 Å². The third-order valence-electron chi connectivity index (χ3n) is 3.16. The van der Waals surface area contributed by atoms with Crippen molar-refractivity contribution >= 4 is 11.6 Å². The molecule has 0 spiro atoms. The highest BCUT2D eigenvalue weighted by Crippen LogP contribution is 2.28. The van der Waals surface area contributed by atoms with Crippen LogP contribution in [0.4, 0.5) is 20.4 Å². The molecule has 1 heterocycles. The van der Waals surface area contributed by atoms with E-state index in [1.54, 1.807) is 7.05 Å². The summed E-state index contributed by atoms with van der Waals surface area (Å²) in [5, 5.41) is 6.11. The molecule has 0 aliphatic rings. The fourth-order valence-electron chi connectivity index (χ4n) is 2.13. The molecule has 0 fully saturated rings. The molecule has 0 saturated heterocycles. The van der Waals surface area contributed by atoms with Crippen LogP contribution in [0.5, 0.6) is 0 Å². The Hall–Kier alpha value is -2.24. The summed E-state index contributed by atoms with van der Waals surface area (Å²) in [6.45, 7) is 4.29. The molecular formula is C15H18F2N4. The quantitative estimate of drug-likeness (QED) is 0.885. The van der Waals surface area contributed by atoms with Crippen molar-refractivity contribution in [1.82, 2.24) is 9.97 Å². The fraction of sp³-hybridized carbons (Fsp3) is 0.333. The monoisotopic (exact) mass is 292 g/mol. The summed E-state index contributed by atoms with van der Waals surface area (Å²) in [6, 6.07) is 3.54. The molecule has 1 aromatic heterocycles. The molecule has 0 unspecified atom stereocenters. The molecule has 21 heavy (non-hydrogen) atoms. The minimum Gasteiger partial charge on any atom is -0.373 e. The number of rotatable bonds is 5. The van der Waals surface area contributed by atoms with E-state index in [-0.39, 0.29) is 12.5 Å². The van der Waals surface area contributed by atoms with Gasteiger partial charge in [0.05, 0.1) is 0 Å². The van der Waals surface area contributed by atoms with E-state index in [0.29, 0.717) is 11.4 Å². The van der Waals surface area contributed by atoms with Gasteiger partial charge in [-0.05, 0) is 12.0 Å². The lowest BCUT2D eigenvalue weighted by Gasteiger charge is -2.16. The van der Waals surface area contributed by atoms with Crippen molar-refractivity contribution in [3.8, 4) is 0 Å². The van der Waals surface area contributed by atoms with E-state index in [1.165, 1.54) is 18.5 Å². The van der Waals surface area contributed by atoms with Crippen LogP contribution in [0.3, 0.4) is 0 Å². The molecule has 0 bridgehead atoms. The Morgan fingerprint density at radius 3 is 2.48 bits per heavy atom. The van der Waals surface area contributed by atoms with Crippen molar-refractivity contribution in [3.05, 3.63) is 47.3 Å². The Morgan fingerprint density at radius 2 is 1.86 bits per heavy atom. The largest absolute Gasteiger partial charge is 0.373 e. The van der Waals surface area contributed by atoms with Crippen LogP contribution >= 0.6 is 0 Å². The Morgan fingerprint density at radius 1 is 1.14 bits per heavy atom. The van der Waals surface area contributed by atoms with Crippen LogP contribution in [-0.4, -0.2) is 17.0 Å². The van der Waals surface area contributed by atoms with Gasteiger partial charge >= 0.3 is 0 Å². The van der Waals surface area contributed by atoms with Crippen molar-refractivity contribution in [1.29, 1.82) is 0 Å². The van der Waals surface area contributed by atoms with Gasteiger partial charge in [-0.3, -0.25) is 0 Å². The number of aromatic nitrogens is 2. The van der Waals surface area contributed by atoms with Gasteiger partial charge < -0.3 is 10.6 Å².